The van der Waals surface area contributed by atoms with Gasteiger partial charge in [0.15, 0.2) is 6.61 Å². The van der Waals surface area contributed by atoms with Gasteiger partial charge in [-0.15, -0.1) is 0 Å². The van der Waals surface area contributed by atoms with Crippen molar-refractivity contribution >= 4 is 17.3 Å². The molecular weight excluding hydrogens is 322 g/mol. The number of nitro groups is 1. The maximum Gasteiger partial charge on any atom is 0.277 e. The van der Waals surface area contributed by atoms with Crippen LogP contribution in [0.1, 0.15) is 23.6 Å². The van der Waals surface area contributed by atoms with Gasteiger partial charge >= 0.3 is 0 Å². The number of hydrogen-bond donors (Lipinski definition) is 1. The number of carbonyl (C=O) groups excluding carboxylic acids is 1. The van der Waals surface area contributed by atoms with E-state index in [2.05, 4.69) is 10.5 Å². The molecular formula is C18H19N3O4. The van der Waals surface area contributed by atoms with Gasteiger partial charge in [-0.05, 0) is 55.7 Å². The molecule has 1 N–H and O–H groups in total. The molecule has 2 rings (SSSR count). The summed E-state index contributed by atoms with van der Waals surface area (Å²) in [5, 5.41) is 14.6. The molecule has 2 aromatic carbocycles. The quantitative estimate of drug-likeness (QED) is 0.496. The zero-order chi connectivity index (χ0) is 18.4. The van der Waals surface area contributed by atoms with Crippen molar-refractivity contribution in [1.82, 2.24) is 5.43 Å². The standard InChI is InChI=1S/C18H19N3O4/c1-12-4-5-13(2)17(10-12)25-11-18(22)20-19-14(3)15-6-8-16(9-7-15)21(23)24/h4-10H,11H2,1-3H3,(H,20,22)/b19-14+. The summed E-state index contributed by atoms with van der Waals surface area (Å²) < 4.78 is 5.50. The number of rotatable bonds is 6. The minimum Gasteiger partial charge on any atom is -0.483 e. The fourth-order valence-corrected chi connectivity index (χ4v) is 2.07. The van der Waals surface area contributed by atoms with Gasteiger partial charge in [0.2, 0.25) is 0 Å². The van der Waals surface area contributed by atoms with E-state index in [9.17, 15) is 14.9 Å². The van der Waals surface area contributed by atoms with Crippen LogP contribution >= 0.6 is 0 Å². The largest absolute Gasteiger partial charge is 0.483 e. The first-order valence-corrected chi connectivity index (χ1v) is 7.65. The van der Waals surface area contributed by atoms with Gasteiger partial charge in [-0.2, -0.15) is 5.10 Å². The Balaban J connectivity index is 1.92. The average Bonchev–Trinajstić information content (AvgIpc) is 2.60. The molecule has 0 heterocycles. The number of amides is 1. The van der Waals surface area contributed by atoms with E-state index in [0.29, 0.717) is 17.0 Å². The number of aryl methyl sites for hydroxylation is 2. The first kappa shape index (κ1) is 18.1. The third kappa shape index (κ3) is 5.13. The van der Waals surface area contributed by atoms with Crippen LogP contribution in [0.25, 0.3) is 0 Å². The van der Waals surface area contributed by atoms with E-state index in [4.69, 9.17) is 4.74 Å². The maximum atomic E-state index is 11.9. The zero-order valence-corrected chi connectivity index (χ0v) is 14.3. The van der Waals surface area contributed by atoms with E-state index >= 15 is 0 Å². The van der Waals surface area contributed by atoms with Crippen LogP contribution in [-0.2, 0) is 4.79 Å². The van der Waals surface area contributed by atoms with Crippen molar-refractivity contribution in [2.75, 3.05) is 6.61 Å². The molecule has 0 fully saturated rings. The minimum atomic E-state index is -0.470. The number of nitrogens with zero attached hydrogens (tertiary/aromatic N) is 2. The van der Waals surface area contributed by atoms with Crippen LogP contribution in [0.2, 0.25) is 0 Å². The van der Waals surface area contributed by atoms with Gasteiger partial charge in [-0.25, -0.2) is 5.43 Å². The van der Waals surface area contributed by atoms with Crippen molar-refractivity contribution in [2.45, 2.75) is 20.8 Å². The van der Waals surface area contributed by atoms with Gasteiger partial charge in [0.1, 0.15) is 5.75 Å². The Kier molecular flexibility index (Phi) is 5.84. The Morgan fingerprint density at radius 1 is 1.20 bits per heavy atom. The van der Waals surface area contributed by atoms with E-state index in [0.717, 1.165) is 11.1 Å². The van der Waals surface area contributed by atoms with Crippen LogP contribution in [-0.4, -0.2) is 23.1 Å². The van der Waals surface area contributed by atoms with Gasteiger partial charge in [-0.3, -0.25) is 14.9 Å². The van der Waals surface area contributed by atoms with Crippen molar-refractivity contribution in [3.05, 3.63) is 69.3 Å². The van der Waals surface area contributed by atoms with Crippen LogP contribution in [0, 0.1) is 24.0 Å². The predicted octanol–water partition coefficient (Wildman–Crippen LogP) is 3.13. The Morgan fingerprint density at radius 3 is 2.52 bits per heavy atom. The fraction of sp³-hybridized carbons (Fsp3) is 0.222. The summed E-state index contributed by atoms with van der Waals surface area (Å²) in [6.45, 7) is 5.40. The number of nitrogens with one attached hydrogen (secondary N) is 1. The van der Waals surface area contributed by atoms with Crippen molar-refractivity contribution in [1.29, 1.82) is 0 Å². The fourth-order valence-electron chi connectivity index (χ4n) is 2.07. The van der Waals surface area contributed by atoms with E-state index < -0.39 is 4.92 Å². The predicted molar refractivity (Wildman–Crippen MR) is 94.9 cm³/mol. The van der Waals surface area contributed by atoms with Crippen LogP contribution in [0.15, 0.2) is 47.6 Å². The monoisotopic (exact) mass is 341 g/mol. The molecule has 7 heteroatoms. The summed E-state index contributed by atoms with van der Waals surface area (Å²) in [5.41, 5.74) is 5.63. The molecule has 2 aromatic rings. The molecule has 130 valence electrons. The number of non-ortho nitro benzene ring substituents is 1. The normalized spacial score (nSPS) is 11.1. The molecule has 0 spiro atoms. The number of benzene rings is 2. The lowest BCUT2D eigenvalue weighted by molar-refractivity contribution is -0.384. The second-order valence-electron chi connectivity index (χ2n) is 5.59. The van der Waals surface area contributed by atoms with E-state index in [1.54, 1.807) is 19.1 Å². The van der Waals surface area contributed by atoms with Crippen molar-refractivity contribution in [2.24, 2.45) is 5.10 Å². The molecule has 0 saturated heterocycles. The second kappa shape index (κ2) is 8.05. The highest BCUT2D eigenvalue weighted by Crippen LogP contribution is 2.18. The smallest absolute Gasteiger partial charge is 0.277 e. The number of nitro benzene ring substituents is 1. The third-order valence-corrected chi connectivity index (χ3v) is 3.55. The van der Waals surface area contributed by atoms with E-state index in [1.807, 2.05) is 32.0 Å². The SMILES string of the molecule is C/C(=N\NC(=O)COc1cc(C)ccc1C)c1ccc([N+](=O)[O-])cc1. The molecule has 0 atom stereocenters. The number of ether oxygens (including phenoxy) is 1. The summed E-state index contributed by atoms with van der Waals surface area (Å²) in [4.78, 5) is 22.0. The average molecular weight is 341 g/mol. The van der Waals surface area contributed by atoms with Gasteiger partial charge in [0.05, 0.1) is 10.6 Å². The van der Waals surface area contributed by atoms with Gasteiger partial charge in [0, 0.05) is 12.1 Å². The Morgan fingerprint density at radius 2 is 1.88 bits per heavy atom. The molecule has 0 aliphatic carbocycles. The molecule has 0 saturated carbocycles. The number of hydrogen-bond acceptors (Lipinski definition) is 5. The molecule has 0 aromatic heterocycles. The van der Waals surface area contributed by atoms with Crippen molar-refractivity contribution < 1.29 is 14.5 Å². The van der Waals surface area contributed by atoms with Crippen molar-refractivity contribution in [3.8, 4) is 5.75 Å². The first-order valence-electron chi connectivity index (χ1n) is 7.65. The van der Waals surface area contributed by atoms with Gasteiger partial charge in [0.25, 0.3) is 11.6 Å². The number of hydrazone groups is 1. The molecule has 0 bridgehead atoms. The highest BCUT2D eigenvalue weighted by Gasteiger charge is 2.07. The molecule has 25 heavy (non-hydrogen) atoms. The first-order chi connectivity index (χ1) is 11.9. The lowest BCUT2D eigenvalue weighted by Gasteiger charge is -2.09. The maximum absolute atomic E-state index is 11.9. The van der Waals surface area contributed by atoms with Crippen LogP contribution in [0.3, 0.4) is 0 Å². The van der Waals surface area contributed by atoms with E-state index in [-0.39, 0.29) is 18.2 Å². The van der Waals surface area contributed by atoms with Gasteiger partial charge in [-0.1, -0.05) is 12.1 Å². The highest BCUT2D eigenvalue weighted by molar-refractivity contribution is 5.99. The minimum absolute atomic E-state index is 0.00232. The Hall–Kier alpha value is -3.22. The summed E-state index contributed by atoms with van der Waals surface area (Å²) in [6, 6.07) is 11.7. The Labute approximate surface area is 145 Å². The molecule has 0 radical (unpaired) electrons. The van der Waals surface area contributed by atoms with Crippen LogP contribution in [0.4, 0.5) is 5.69 Å². The molecule has 0 aliphatic rings. The Bertz CT molecular complexity index is 814. The summed E-state index contributed by atoms with van der Waals surface area (Å²) in [6.07, 6.45) is 0. The summed E-state index contributed by atoms with van der Waals surface area (Å²) in [5.74, 6) is 0.272. The topological polar surface area (TPSA) is 93.8 Å². The van der Waals surface area contributed by atoms with Crippen LogP contribution < -0.4 is 10.2 Å². The van der Waals surface area contributed by atoms with E-state index in [1.165, 1.54) is 12.1 Å². The van der Waals surface area contributed by atoms with Crippen molar-refractivity contribution in [3.63, 3.8) is 0 Å². The van der Waals surface area contributed by atoms with Crippen LogP contribution in [0.5, 0.6) is 5.75 Å². The number of carbonyl (C=O) groups is 1. The molecule has 0 unspecified atom stereocenters. The highest BCUT2D eigenvalue weighted by atomic mass is 16.6. The molecule has 1 amide bonds. The molecule has 7 nitrogen and oxygen atoms in total. The zero-order valence-electron chi connectivity index (χ0n) is 14.3. The molecule has 0 aliphatic heterocycles. The summed E-state index contributed by atoms with van der Waals surface area (Å²) >= 11 is 0. The summed E-state index contributed by atoms with van der Waals surface area (Å²) in [7, 11) is 0. The third-order valence-electron chi connectivity index (χ3n) is 3.55. The lowest BCUT2D eigenvalue weighted by Crippen LogP contribution is -2.25. The van der Waals surface area contributed by atoms with Gasteiger partial charge < -0.3 is 4.74 Å². The lowest BCUT2D eigenvalue weighted by atomic mass is 10.1. The second-order valence-corrected chi connectivity index (χ2v) is 5.59.